The molecular formula is C14H18ClNO2. The van der Waals surface area contributed by atoms with Gasteiger partial charge in [-0.15, -0.1) is 11.6 Å². The zero-order valence-corrected chi connectivity index (χ0v) is 11.0. The summed E-state index contributed by atoms with van der Waals surface area (Å²) in [6.07, 6.45) is 4.23. The topological polar surface area (TPSA) is 49.3 Å². The molecule has 2 rings (SSSR count). The van der Waals surface area contributed by atoms with Crippen LogP contribution in [0.4, 0.5) is 0 Å². The number of nitrogens with one attached hydrogen (secondary N) is 1. The first-order valence-corrected chi connectivity index (χ1v) is 6.80. The number of amides is 1. The van der Waals surface area contributed by atoms with Gasteiger partial charge in [0.1, 0.15) is 5.75 Å². The summed E-state index contributed by atoms with van der Waals surface area (Å²) in [5.41, 5.74) is 0.501. The Morgan fingerprint density at radius 1 is 1.33 bits per heavy atom. The van der Waals surface area contributed by atoms with E-state index >= 15 is 0 Å². The van der Waals surface area contributed by atoms with Crippen LogP contribution >= 0.6 is 11.6 Å². The molecule has 1 aromatic rings. The molecule has 0 atom stereocenters. The number of carbonyl (C=O) groups is 1. The fraction of sp³-hybridized carbons (Fsp3) is 0.500. The van der Waals surface area contributed by atoms with E-state index in [4.69, 9.17) is 11.6 Å². The first-order chi connectivity index (χ1) is 8.65. The highest BCUT2D eigenvalue weighted by Crippen LogP contribution is 2.27. The van der Waals surface area contributed by atoms with E-state index in [9.17, 15) is 9.90 Å². The summed E-state index contributed by atoms with van der Waals surface area (Å²) in [6, 6.07) is 6.40. The molecule has 1 aliphatic carbocycles. The molecule has 0 spiro atoms. The summed E-state index contributed by atoms with van der Waals surface area (Å²) in [5.74, 6) is 0.519. The number of phenolic OH excluding ortho intramolecular Hbond substituents is 1. The maximum atomic E-state index is 11.9. The van der Waals surface area contributed by atoms with Gasteiger partial charge in [0.25, 0.3) is 5.91 Å². The highest BCUT2D eigenvalue weighted by molar-refractivity contribution is 6.20. The molecule has 1 aromatic carbocycles. The Hall–Kier alpha value is -1.22. The molecule has 1 fully saturated rings. The monoisotopic (exact) mass is 267 g/mol. The summed E-state index contributed by atoms with van der Waals surface area (Å²) in [4.78, 5) is 11.9. The highest BCUT2D eigenvalue weighted by atomic mass is 35.5. The quantitative estimate of drug-likeness (QED) is 0.828. The molecule has 98 valence electrons. The van der Waals surface area contributed by atoms with E-state index < -0.39 is 0 Å². The Bertz CT molecular complexity index is 414. The third kappa shape index (κ3) is 3.64. The fourth-order valence-electron chi connectivity index (χ4n) is 2.31. The van der Waals surface area contributed by atoms with Crippen LogP contribution in [0.25, 0.3) is 0 Å². The van der Waals surface area contributed by atoms with Crippen molar-refractivity contribution in [2.24, 2.45) is 5.92 Å². The largest absolute Gasteiger partial charge is 0.508 e. The molecule has 0 aromatic heterocycles. The number of hydrogen-bond donors (Lipinski definition) is 2. The predicted molar refractivity (Wildman–Crippen MR) is 72.0 cm³/mol. The van der Waals surface area contributed by atoms with Crippen molar-refractivity contribution in [2.45, 2.75) is 31.1 Å². The summed E-state index contributed by atoms with van der Waals surface area (Å²) in [6.45, 7) is 0.693. The minimum absolute atomic E-state index is 0.116. The van der Waals surface area contributed by atoms with Gasteiger partial charge in [0, 0.05) is 17.5 Å². The van der Waals surface area contributed by atoms with Crippen molar-refractivity contribution in [3.05, 3.63) is 29.8 Å². The fourth-order valence-corrected chi connectivity index (χ4v) is 2.56. The normalized spacial score (nSPS) is 23.6. The summed E-state index contributed by atoms with van der Waals surface area (Å²) >= 11 is 6.04. The van der Waals surface area contributed by atoms with Crippen molar-refractivity contribution in [1.82, 2.24) is 5.32 Å². The number of aromatic hydroxyl groups is 1. The van der Waals surface area contributed by atoms with Crippen molar-refractivity contribution in [3.63, 3.8) is 0 Å². The molecule has 1 amide bonds. The average Bonchev–Trinajstić information content (AvgIpc) is 2.38. The smallest absolute Gasteiger partial charge is 0.251 e. The summed E-state index contributed by atoms with van der Waals surface area (Å²) in [7, 11) is 0. The molecule has 4 heteroatoms. The molecule has 0 radical (unpaired) electrons. The number of rotatable bonds is 3. The van der Waals surface area contributed by atoms with Crippen LogP contribution in [-0.4, -0.2) is 22.9 Å². The zero-order chi connectivity index (χ0) is 13.0. The molecule has 1 aliphatic rings. The van der Waals surface area contributed by atoms with Gasteiger partial charge in [0.15, 0.2) is 0 Å². The lowest BCUT2D eigenvalue weighted by molar-refractivity contribution is 0.0943. The van der Waals surface area contributed by atoms with Crippen LogP contribution in [0.2, 0.25) is 0 Å². The number of carbonyl (C=O) groups excluding carboxylic acids is 1. The van der Waals surface area contributed by atoms with Crippen LogP contribution in [-0.2, 0) is 0 Å². The van der Waals surface area contributed by atoms with Gasteiger partial charge in [-0.05, 0) is 49.8 Å². The minimum atomic E-state index is -0.126. The number of phenols is 1. The molecule has 0 saturated heterocycles. The predicted octanol–water partition coefficient (Wildman–Crippen LogP) is 2.92. The number of alkyl halides is 1. The molecular weight excluding hydrogens is 250 g/mol. The third-order valence-corrected chi connectivity index (χ3v) is 3.87. The van der Waals surface area contributed by atoms with Gasteiger partial charge in [-0.25, -0.2) is 0 Å². The minimum Gasteiger partial charge on any atom is -0.508 e. The van der Waals surface area contributed by atoms with Gasteiger partial charge in [0.05, 0.1) is 0 Å². The zero-order valence-electron chi connectivity index (χ0n) is 10.2. The maximum Gasteiger partial charge on any atom is 0.251 e. The van der Waals surface area contributed by atoms with Gasteiger partial charge in [-0.1, -0.05) is 6.07 Å². The van der Waals surface area contributed by atoms with Gasteiger partial charge in [0.2, 0.25) is 0 Å². The Kier molecular flexibility index (Phi) is 4.48. The van der Waals surface area contributed by atoms with E-state index in [0.29, 0.717) is 23.4 Å². The van der Waals surface area contributed by atoms with Crippen LogP contribution in [0.5, 0.6) is 5.75 Å². The lowest BCUT2D eigenvalue weighted by Gasteiger charge is -2.25. The van der Waals surface area contributed by atoms with Gasteiger partial charge < -0.3 is 10.4 Å². The van der Waals surface area contributed by atoms with E-state index in [0.717, 1.165) is 25.7 Å². The van der Waals surface area contributed by atoms with E-state index in [1.54, 1.807) is 18.2 Å². The second kappa shape index (κ2) is 6.10. The number of halogens is 1. The van der Waals surface area contributed by atoms with Gasteiger partial charge in [-0.2, -0.15) is 0 Å². The van der Waals surface area contributed by atoms with Crippen molar-refractivity contribution in [1.29, 1.82) is 0 Å². The van der Waals surface area contributed by atoms with Crippen molar-refractivity contribution in [3.8, 4) is 5.75 Å². The Morgan fingerprint density at radius 2 is 2.06 bits per heavy atom. The van der Waals surface area contributed by atoms with E-state index in [2.05, 4.69) is 5.32 Å². The molecule has 3 nitrogen and oxygen atoms in total. The molecule has 1 saturated carbocycles. The second-order valence-corrected chi connectivity index (χ2v) is 5.50. The summed E-state index contributed by atoms with van der Waals surface area (Å²) in [5, 5.41) is 12.5. The van der Waals surface area contributed by atoms with E-state index in [-0.39, 0.29) is 11.7 Å². The van der Waals surface area contributed by atoms with E-state index in [1.807, 2.05) is 0 Å². The van der Waals surface area contributed by atoms with Crippen molar-refractivity contribution < 1.29 is 9.90 Å². The Balaban J connectivity index is 1.81. The third-order valence-electron chi connectivity index (χ3n) is 3.44. The van der Waals surface area contributed by atoms with Crippen LogP contribution < -0.4 is 5.32 Å². The molecule has 2 N–H and O–H groups in total. The lowest BCUT2D eigenvalue weighted by atomic mass is 9.89. The Labute approximate surface area is 112 Å². The van der Waals surface area contributed by atoms with Gasteiger partial charge >= 0.3 is 0 Å². The molecule has 0 heterocycles. The molecule has 18 heavy (non-hydrogen) atoms. The lowest BCUT2D eigenvalue weighted by Crippen LogP contribution is -2.31. The maximum absolute atomic E-state index is 11.9. The average molecular weight is 268 g/mol. The molecule has 0 aliphatic heterocycles. The first kappa shape index (κ1) is 13.2. The van der Waals surface area contributed by atoms with Crippen LogP contribution in [0.3, 0.4) is 0 Å². The van der Waals surface area contributed by atoms with Crippen LogP contribution in [0.1, 0.15) is 36.0 Å². The molecule has 0 unspecified atom stereocenters. The second-order valence-electron chi connectivity index (χ2n) is 4.88. The Morgan fingerprint density at radius 3 is 2.72 bits per heavy atom. The SMILES string of the molecule is O=C(NCC1CCC(Cl)CC1)c1cccc(O)c1. The summed E-state index contributed by atoms with van der Waals surface area (Å²) < 4.78 is 0. The van der Waals surface area contributed by atoms with Crippen molar-refractivity contribution >= 4 is 17.5 Å². The van der Waals surface area contributed by atoms with Crippen molar-refractivity contribution in [2.75, 3.05) is 6.54 Å². The number of hydrogen-bond acceptors (Lipinski definition) is 2. The standard InChI is InChI=1S/C14H18ClNO2/c15-12-6-4-10(5-7-12)9-16-14(18)11-2-1-3-13(17)8-11/h1-3,8,10,12,17H,4-7,9H2,(H,16,18). The van der Waals surface area contributed by atoms with E-state index in [1.165, 1.54) is 6.07 Å². The van der Waals surface area contributed by atoms with Crippen LogP contribution in [0, 0.1) is 5.92 Å². The molecule has 0 bridgehead atoms. The highest BCUT2D eigenvalue weighted by Gasteiger charge is 2.20. The van der Waals surface area contributed by atoms with Crippen LogP contribution in [0.15, 0.2) is 24.3 Å². The van der Waals surface area contributed by atoms with Gasteiger partial charge in [-0.3, -0.25) is 4.79 Å². The number of benzene rings is 1. The first-order valence-electron chi connectivity index (χ1n) is 6.36.